The highest BCUT2D eigenvalue weighted by Gasteiger charge is 2.13. The molecule has 0 radical (unpaired) electrons. The minimum absolute atomic E-state index is 0.349. The molecule has 0 amide bonds. The van der Waals surface area contributed by atoms with Crippen molar-refractivity contribution in [2.24, 2.45) is 0 Å². The molecule has 1 aromatic heterocycles. The molecule has 1 heterocycles. The van der Waals surface area contributed by atoms with Crippen LogP contribution in [0.5, 0.6) is 5.75 Å². The second-order valence-electron chi connectivity index (χ2n) is 7.02. The van der Waals surface area contributed by atoms with Crippen LogP contribution in [0.3, 0.4) is 0 Å². The van der Waals surface area contributed by atoms with Gasteiger partial charge in [-0.1, -0.05) is 24.3 Å². The molecule has 0 aliphatic carbocycles. The molecule has 0 aliphatic rings. The average molecular weight is 351 g/mol. The van der Waals surface area contributed by atoms with Crippen molar-refractivity contribution in [2.45, 2.75) is 13.1 Å². The molecular formula is C20H25N5O. The number of benzene rings is 2. The Balaban J connectivity index is 2.03. The number of rotatable bonds is 6. The van der Waals surface area contributed by atoms with Crippen LogP contribution in [-0.4, -0.2) is 53.3 Å². The molecule has 0 bridgehead atoms. The first-order valence-corrected chi connectivity index (χ1v) is 8.55. The van der Waals surface area contributed by atoms with Gasteiger partial charge in [-0.3, -0.25) is 0 Å². The smallest absolute Gasteiger partial charge is 0.160 e. The summed E-state index contributed by atoms with van der Waals surface area (Å²) in [6.45, 7) is 1.31. The number of phenolic OH excluding ortho intramolecular Hbond substituents is 1. The zero-order valence-corrected chi connectivity index (χ0v) is 15.7. The first kappa shape index (κ1) is 18.1. The minimum atomic E-state index is 0.349. The fourth-order valence-corrected chi connectivity index (χ4v) is 3.01. The normalized spacial score (nSPS) is 11.5. The number of nitrogens with zero attached hydrogens (tertiary/aromatic N) is 4. The van der Waals surface area contributed by atoms with E-state index in [0.29, 0.717) is 24.7 Å². The van der Waals surface area contributed by atoms with Gasteiger partial charge >= 0.3 is 0 Å². The summed E-state index contributed by atoms with van der Waals surface area (Å²) in [5.74, 6) is 1.06. The Kier molecular flexibility index (Phi) is 5.35. The number of hydrogen-bond donors (Lipinski definition) is 2. The van der Waals surface area contributed by atoms with Gasteiger partial charge in [-0.05, 0) is 40.3 Å². The molecule has 6 nitrogen and oxygen atoms in total. The molecule has 0 aliphatic heterocycles. The highest BCUT2D eigenvalue weighted by Crippen LogP contribution is 2.31. The SMILES string of the molecule is CN(C)Cc1cc(Nc2nncc3ccccc23)cc(CN(C)C)c1O. The summed E-state index contributed by atoms with van der Waals surface area (Å²) in [7, 11) is 7.95. The number of fused-ring (bicyclic) bond motifs is 1. The second-order valence-corrected chi connectivity index (χ2v) is 7.02. The maximum absolute atomic E-state index is 10.6. The molecule has 2 aromatic carbocycles. The van der Waals surface area contributed by atoms with E-state index in [9.17, 15) is 5.11 Å². The van der Waals surface area contributed by atoms with E-state index in [-0.39, 0.29) is 0 Å². The van der Waals surface area contributed by atoms with Crippen LogP contribution in [0, 0.1) is 0 Å². The van der Waals surface area contributed by atoms with Crippen LogP contribution in [0.2, 0.25) is 0 Å². The van der Waals surface area contributed by atoms with Crippen LogP contribution < -0.4 is 5.32 Å². The van der Waals surface area contributed by atoms with Crippen molar-refractivity contribution in [2.75, 3.05) is 33.5 Å². The second kappa shape index (κ2) is 7.68. The highest BCUT2D eigenvalue weighted by atomic mass is 16.3. The van der Waals surface area contributed by atoms with Crippen molar-refractivity contribution in [1.29, 1.82) is 0 Å². The van der Waals surface area contributed by atoms with Gasteiger partial charge in [-0.2, -0.15) is 5.10 Å². The summed E-state index contributed by atoms with van der Waals surface area (Å²) in [5, 5.41) is 24.4. The average Bonchev–Trinajstić information content (AvgIpc) is 2.58. The zero-order valence-electron chi connectivity index (χ0n) is 15.7. The summed E-state index contributed by atoms with van der Waals surface area (Å²) < 4.78 is 0. The van der Waals surface area contributed by atoms with Crippen molar-refractivity contribution in [3.8, 4) is 5.75 Å². The quantitative estimate of drug-likeness (QED) is 0.665. The van der Waals surface area contributed by atoms with E-state index in [1.165, 1.54) is 0 Å². The molecule has 26 heavy (non-hydrogen) atoms. The first-order chi connectivity index (χ1) is 12.4. The third-order valence-electron chi connectivity index (χ3n) is 4.07. The topological polar surface area (TPSA) is 64.5 Å². The molecule has 2 N–H and O–H groups in total. The number of nitrogens with one attached hydrogen (secondary N) is 1. The molecule has 0 fully saturated rings. The van der Waals surface area contributed by atoms with Gasteiger partial charge in [0.1, 0.15) is 5.75 Å². The van der Waals surface area contributed by atoms with Crippen molar-refractivity contribution < 1.29 is 5.11 Å². The Hall–Kier alpha value is -2.70. The van der Waals surface area contributed by atoms with Crippen molar-refractivity contribution in [1.82, 2.24) is 20.0 Å². The number of hydrogen-bond acceptors (Lipinski definition) is 6. The monoisotopic (exact) mass is 351 g/mol. The van der Waals surface area contributed by atoms with E-state index >= 15 is 0 Å². The van der Waals surface area contributed by atoms with Crippen LogP contribution in [0.4, 0.5) is 11.5 Å². The molecule has 6 heteroatoms. The van der Waals surface area contributed by atoms with Crippen molar-refractivity contribution >= 4 is 22.3 Å². The number of aromatic hydroxyl groups is 1. The summed E-state index contributed by atoms with van der Waals surface area (Å²) in [5.41, 5.74) is 2.65. The Morgan fingerprint density at radius 3 is 2.19 bits per heavy atom. The molecule has 136 valence electrons. The first-order valence-electron chi connectivity index (χ1n) is 8.55. The third-order valence-corrected chi connectivity index (χ3v) is 4.07. The van der Waals surface area contributed by atoms with Gasteiger partial charge in [0.05, 0.1) is 6.20 Å². The van der Waals surface area contributed by atoms with Crippen LogP contribution in [0.15, 0.2) is 42.6 Å². The lowest BCUT2D eigenvalue weighted by Gasteiger charge is -2.19. The lowest BCUT2D eigenvalue weighted by Crippen LogP contribution is -2.14. The molecule has 3 aromatic rings. The Morgan fingerprint density at radius 2 is 1.58 bits per heavy atom. The number of phenols is 1. The molecule has 0 unspecified atom stereocenters. The fourth-order valence-electron chi connectivity index (χ4n) is 3.01. The van der Waals surface area contributed by atoms with Gasteiger partial charge in [-0.15, -0.1) is 5.10 Å². The largest absolute Gasteiger partial charge is 0.507 e. The van der Waals surface area contributed by atoms with E-state index in [2.05, 4.69) is 15.5 Å². The Labute approximate surface area is 154 Å². The van der Waals surface area contributed by atoms with Gasteiger partial charge < -0.3 is 20.2 Å². The third kappa shape index (κ3) is 4.09. The highest BCUT2D eigenvalue weighted by molar-refractivity contribution is 5.92. The van der Waals surface area contributed by atoms with Crippen LogP contribution in [-0.2, 0) is 13.1 Å². The number of aromatic nitrogens is 2. The lowest BCUT2D eigenvalue weighted by molar-refractivity contribution is 0.368. The summed E-state index contributed by atoms with van der Waals surface area (Å²) >= 11 is 0. The van der Waals surface area contributed by atoms with Gasteiger partial charge in [0, 0.05) is 40.7 Å². The maximum Gasteiger partial charge on any atom is 0.160 e. The zero-order chi connectivity index (χ0) is 18.7. The predicted octanol–water partition coefficient (Wildman–Crippen LogP) is 3.20. The Morgan fingerprint density at radius 1 is 0.962 bits per heavy atom. The summed E-state index contributed by atoms with van der Waals surface area (Å²) in [6.07, 6.45) is 1.76. The van der Waals surface area contributed by atoms with E-state index in [0.717, 1.165) is 27.6 Å². The standard InChI is InChI=1S/C20H25N5O/c1-24(2)12-15-9-17(10-16(19(15)26)13-25(3)4)22-20-18-8-6-5-7-14(18)11-21-23-20/h5-11,26H,12-13H2,1-4H3,(H,22,23). The predicted molar refractivity (Wildman–Crippen MR) is 106 cm³/mol. The van der Waals surface area contributed by atoms with Gasteiger partial charge in [-0.25, -0.2) is 0 Å². The van der Waals surface area contributed by atoms with E-state index < -0.39 is 0 Å². The molecule has 0 saturated carbocycles. The molecular weight excluding hydrogens is 326 g/mol. The maximum atomic E-state index is 10.6. The summed E-state index contributed by atoms with van der Waals surface area (Å²) in [6, 6.07) is 11.9. The van der Waals surface area contributed by atoms with Crippen LogP contribution >= 0.6 is 0 Å². The Bertz CT molecular complexity index is 871. The lowest BCUT2D eigenvalue weighted by atomic mass is 10.1. The fraction of sp³-hybridized carbons (Fsp3) is 0.300. The van der Waals surface area contributed by atoms with E-state index in [1.54, 1.807) is 6.20 Å². The summed E-state index contributed by atoms with van der Waals surface area (Å²) in [4.78, 5) is 4.08. The van der Waals surface area contributed by atoms with Crippen molar-refractivity contribution in [3.63, 3.8) is 0 Å². The van der Waals surface area contributed by atoms with Crippen LogP contribution in [0.25, 0.3) is 10.8 Å². The molecule has 0 saturated heterocycles. The van der Waals surface area contributed by atoms with E-state index in [4.69, 9.17) is 0 Å². The van der Waals surface area contributed by atoms with Gasteiger partial charge in [0.25, 0.3) is 0 Å². The van der Waals surface area contributed by atoms with Crippen molar-refractivity contribution in [3.05, 3.63) is 53.7 Å². The molecule has 0 spiro atoms. The van der Waals surface area contributed by atoms with Crippen LogP contribution in [0.1, 0.15) is 11.1 Å². The minimum Gasteiger partial charge on any atom is -0.507 e. The van der Waals surface area contributed by atoms with E-state index in [1.807, 2.05) is 74.4 Å². The van der Waals surface area contributed by atoms with Gasteiger partial charge in [0.15, 0.2) is 5.82 Å². The van der Waals surface area contributed by atoms with Gasteiger partial charge in [0.2, 0.25) is 0 Å². The molecule has 3 rings (SSSR count). The number of anilines is 2. The molecule has 0 atom stereocenters.